The van der Waals surface area contributed by atoms with Crippen molar-refractivity contribution in [1.29, 1.82) is 0 Å². The lowest BCUT2D eigenvalue weighted by Crippen LogP contribution is -2.41. The molecule has 1 saturated carbocycles. The second-order valence-electron chi connectivity index (χ2n) is 8.43. The molecule has 4 rings (SSSR count). The van der Waals surface area contributed by atoms with Crippen LogP contribution in [0.25, 0.3) is 0 Å². The summed E-state index contributed by atoms with van der Waals surface area (Å²) in [7, 11) is 3.26. The van der Waals surface area contributed by atoms with Crippen LogP contribution in [0.3, 0.4) is 0 Å². The molecule has 1 aliphatic carbocycles. The highest BCUT2D eigenvalue weighted by molar-refractivity contribution is 6.03. The number of amides is 2. The molecule has 2 aliphatic rings. The van der Waals surface area contributed by atoms with Crippen LogP contribution in [0.5, 0.6) is 5.75 Å². The summed E-state index contributed by atoms with van der Waals surface area (Å²) in [4.78, 5) is 27.5. The highest BCUT2D eigenvalue weighted by atomic mass is 19.1. The highest BCUT2D eigenvalue weighted by Crippen LogP contribution is 2.34. The molecule has 1 unspecified atom stereocenters. The molecule has 1 atom stereocenters. The fraction of sp³-hybridized carbons (Fsp3) is 0.400. The summed E-state index contributed by atoms with van der Waals surface area (Å²) in [6.07, 6.45) is 4.26. The van der Waals surface area contributed by atoms with Gasteiger partial charge in [0.2, 0.25) is 5.91 Å². The normalized spacial score (nSPS) is 18.5. The Balaban J connectivity index is 1.58. The number of methoxy groups -OCH3 is 1. The average Bonchev–Trinajstić information content (AvgIpc) is 3.49. The molecule has 2 aromatic carbocycles. The van der Waals surface area contributed by atoms with Crippen molar-refractivity contribution in [3.05, 3.63) is 65.5 Å². The summed E-state index contributed by atoms with van der Waals surface area (Å²) >= 11 is 0. The molecule has 2 amide bonds. The first kappa shape index (κ1) is 22.0. The molecule has 0 aromatic heterocycles. The minimum Gasteiger partial charge on any atom is -0.497 e. The minimum atomic E-state index is -0.377. The Bertz CT molecular complexity index is 1020. The summed E-state index contributed by atoms with van der Waals surface area (Å²) < 4.78 is 19.7. The van der Waals surface area contributed by atoms with Gasteiger partial charge in [0.25, 0.3) is 5.91 Å². The van der Waals surface area contributed by atoms with Crippen molar-refractivity contribution in [2.24, 2.45) is 11.0 Å². The maximum absolute atomic E-state index is 14.4. The molecule has 7 heteroatoms. The summed E-state index contributed by atoms with van der Waals surface area (Å²) in [5, 5.41) is 5.93. The molecule has 2 aromatic rings. The van der Waals surface area contributed by atoms with Gasteiger partial charge in [-0.15, -0.1) is 0 Å². The number of hydrogen-bond donors (Lipinski definition) is 0. The molecule has 32 heavy (non-hydrogen) atoms. The van der Waals surface area contributed by atoms with Gasteiger partial charge in [0.05, 0.1) is 18.9 Å². The first-order valence-electron chi connectivity index (χ1n) is 11.0. The predicted molar refractivity (Wildman–Crippen MR) is 120 cm³/mol. The Morgan fingerprint density at radius 3 is 2.47 bits per heavy atom. The number of hydrazone groups is 1. The summed E-state index contributed by atoms with van der Waals surface area (Å²) in [5.41, 5.74) is 1.78. The quantitative estimate of drug-likeness (QED) is 0.682. The maximum atomic E-state index is 14.4. The molecule has 0 spiro atoms. The number of carbonyl (C=O) groups is 2. The van der Waals surface area contributed by atoms with Crippen molar-refractivity contribution >= 4 is 17.5 Å². The molecule has 168 valence electrons. The summed E-state index contributed by atoms with van der Waals surface area (Å²) in [6.45, 7) is -0.0595. The van der Waals surface area contributed by atoms with Crippen molar-refractivity contribution in [1.82, 2.24) is 9.91 Å². The maximum Gasteiger partial charge on any atom is 0.262 e. The Morgan fingerprint density at radius 1 is 1.12 bits per heavy atom. The van der Waals surface area contributed by atoms with E-state index >= 15 is 0 Å². The van der Waals surface area contributed by atoms with E-state index in [2.05, 4.69) is 5.10 Å². The third-order valence-electron chi connectivity index (χ3n) is 6.30. The number of halogens is 1. The van der Waals surface area contributed by atoms with Gasteiger partial charge < -0.3 is 9.64 Å². The van der Waals surface area contributed by atoms with E-state index in [1.165, 1.54) is 16.0 Å². The zero-order valence-corrected chi connectivity index (χ0v) is 18.5. The molecule has 1 fully saturated rings. The lowest BCUT2D eigenvalue weighted by molar-refractivity contribution is -0.142. The first-order valence-corrected chi connectivity index (χ1v) is 11.0. The molecular formula is C25H28FN3O3. The molecule has 0 saturated heterocycles. The minimum absolute atomic E-state index is 0.00115. The topological polar surface area (TPSA) is 62.2 Å². The lowest BCUT2D eigenvalue weighted by atomic mass is 9.98. The van der Waals surface area contributed by atoms with E-state index in [1.807, 2.05) is 24.3 Å². The number of nitrogens with zero attached hydrogens (tertiary/aromatic N) is 3. The predicted octanol–water partition coefficient (Wildman–Crippen LogP) is 4.16. The number of carbonyl (C=O) groups excluding carboxylic acids is 2. The van der Waals surface area contributed by atoms with E-state index in [0.29, 0.717) is 23.4 Å². The second-order valence-corrected chi connectivity index (χ2v) is 8.43. The third-order valence-corrected chi connectivity index (χ3v) is 6.30. The fourth-order valence-corrected chi connectivity index (χ4v) is 4.52. The summed E-state index contributed by atoms with van der Waals surface area (Å²) in [6, 6.07) is 13.5. The Morgan fingerprint density at radius 2 is 1.81 bits per heavy atom. The first-order chi connectivity index (χ1) is 15.5. The molecule has 1 aliphatic heterocycles. The van der Waals surface area contributed by atoms with Crippen molar-refractivity contribution in [3.63, 3.8) is 0 Å². The third kappa shape index (κ3) is 4.52. The van der Waals surface area contributed by atoms with E-state index in [1.54, 1.807) is 32.4 Å². The van der Waals surface area contributed by atoms with Gasteiger partial charge in [0.1, 0.15) is 18.1 Å². The Hall–Kier alpha value is -3.22. The van der Waals surface area contributed by atoms with Crippen LogP contribution in [0.4, 0.5) is 4.39 Å². The largest absolute Gasteiger partial charge is 0.497 e. The molecule has 1 heterocycles. The van der Waals surface area contributed by atoms with Crippen LogP contribution in [0.2, 0.25) is 0 Å². The van der Waals surface area contributed by atoms with Gasteiger partial charge in [-0.05, 0) is 36.6 Å². The number of hydrogen-bond acceptors (Lipinski definition) is 4. The van der Waals surface area contributed by atoms with Crippen LogP contribution in [0, 0.1) is 11.7 Å². The van der Waals surface area contributed by atoms with Crippen LogP contribution in [-0.4, -0.2) is 48.1 Å². The molecule has 0 radical (unpaired) electrons. The van der Waals surface area contributed by atoms with E-state index in [4.69, 9.17) is 4.74 Å². The van der Waals surface area contributed by atoms with Gasteiger partial charge in [0.15, 0.2) is 0 Å². The Labute approximate surface area is 187 Å². The zero-order chi connectivity index (χ0) is 22.7. The SMILES string of the molecule is COc1ccc(C2CC(c3ccccc3F)=NN2C(=O)CN(C)C(=O)C2CCCC2)cc1. The van der Waals surface area contributed by atoms with Gasteiger partial charge >= 0.3 is 0 Å². The standard InChI is InChI=1S/C25H28FN3O3/c1-28(25(31)18-7-3-4-8-18)16-24(30)29-23(17-11-13-19(32-2)14-12-17)15-22(27-29)20-9-5-6-10-21(20)26/h5-6,9-14,18,23H,3-4,7-8,15-16H2,1-2H3. The van der Waals surface area contributed by atoms with Crippen molar-refractivity contribution in [3.8, 4) is 5.75 Å². The van der Waals surface area contributed by atoms with Crippen LogP contribution in [0.15, 0.2) is 53.6 Å². The molecule has 6 nitrogen and oxygen atoms in total. The fourth-order valence-electron chi connectivity index (χ4n) is 4.52. The van der Waals surface area contributed by atoms with Crippen LogP contribution in [0.1, 0.15) is 49.3 Å². The monoisotopic (exact) mass is 437 g/mol. The lowest BCUT2D eigenvalue weighted by Gasteiger charge is -2.26. The van der Waals surface area contributed by atoms with Gasteiger partial charge in [-0.3, -0.25) is 9.59 Å². The van der Waals surface area contributed by atoms with Crippen molar-refractivity contribution < 1.29 is 18.7 Å². The second kappa shape index (κ2) is 9.51. The van der Waals surface area contributed by atoms with E-state index in [9.17, 15) is 14.0 Å². The number of likely N-dealkylation sites (N-methyl/N-ethyl adjacent to an activating group) is 1. The van der Waals surface area contributed by atoms with E-state index < -0.39 is 0 Å². The van der Waals surface area contributed by atoms with Gasteiger partial charge in [-0.25, -0.2) is 9.40 Å². The molecule has 0 bridgehead atoms. The van der Waals surface area contributed by atoms with Crippen molar-refractivity contribution in [2.45, 2.75) is 38.1 Å². The number of rotatable bonds is 6. The number of ether oxygens (including phenoxy) is 1. The number of benzene rings is 2. The zero-order valence-electron chi connectivity index (χ0n) is 18.5. The van der Waals surface area contributed by atoms with Crippen LogP contribution in [-0.2, 0) is 9.59 Å². The van der Waals surface area contributed by atoms with Gasteiger partial charge in [0, 0.05) is 24.9 Å². The van der Waals surface area contributed by atoms with E-state index in [0.717, 1.165) is 31.2 Å². The van der Waals surface area contributed by atoms with E-state index in [-0.39, 0.29) is 36.1 Å². The highest BCUT2D eigenvalue weighted by Gasteiger charge is 2.35. The molecular weight excluding hydrogens is 409 g/mol. The average molecular weight is 438 g/mol. The van der Waals surface area contributed by atoms with Crippen molar-refractivity contribution in [2.75, 3.05) is 20.7 Å². The Kier molecular flexibility index (Phi) is 6.53. The van der Waals surface area contributed by atoms with Crippen LogP contribution >= 0.6 is 0 Å². The van der Waals surface area contributed by atoms with Gasteiger partial charge in [-0.1, -0.05) is 43.2 Å². The van der Waals surface area contributed by atoms with Gasteiger partial charge in [-0.2, -0.15) is 5.10 Å². The summed E-state index contributed by atoms with van der Waals surface area (Å²) in [5.74, 6) is 0.0610. The molecule has 0 N–H and O–H groups in total. The van der Waals surface area contributed by atoms with Crippen LogP contribution < -0.4 is 4.74 Å². The smallest absolute Gasteiger partial charge is 0.262 e.